The van der Waals surface area contributed by atoms with Crippen molar-refractivity contribution in [3.63, 3.8) is 0 Å². The highest BCUT2D eigenvalue weighted by atomic mass is 16.5. The molecular formula is C15H24N4O3. The maximum atomic E-state index is 12.3. The highest BCUT2D eigenvalue weighted by Crippen LogP contribution is 2.20. The number of likely N-dealkylation sites (tertiary alicyclic amines) is 1. The Morgan fingerprint density at radius 2 is 2.32 bits per heavy atom. The molecule has 0 bridgehead atoms. The standard InChI is InChI=1S/C15H24N4O3/c20-15(5-8-21-10-14-4-2-7-22-14)18-6-1-3-13(9-18)19-12-16-11-17-19/h11-14H,1-10H2/t13-,14+/m0/s1. The van der Waals surface area contributed by atoms with E-state index in [1.807, 2.05) is 9.58 Å². The normalized spacial score (nSPS) is 25.5. The summed E-state index contributed by atoms with van der Waals surface area (Å²) in [6, 6.07) is 0.244. The van der Waals surface area contributed by atoms with Crippen LogP contribution in [-0.2, 0) is 14.3 Å². The molecular weight excluding hydrogens is 284 g/mol. The maximum Gasteiger partial charge on any atom is 0.224 e. The van der Waals surface area contributed by atoms with Gasteiger partial charge in [0.25, 0.3) is 0 Å². The third-order valence-electron chi connectivity index (χ3n) is 4.35. The molecule has 7 heteroatoms. The largest absolute Gasteiger partial charge is 0.378 e. The lowest BCUT2D eigenvalue weighted by molar-refractivity contribution is -0.134. The van der Waals surface area contributed by atoms with Crippen LogP contribution in [0.1, 0.15) is 38.1 Å². The van der Waals surface area contributed by atoms with Gasteiger partial charge in [0.2, 0.25) is 5.91 Å². The summed E-state index contributed by atoms with van der Waals surface area (Å²) in [4.78, 5) is 18.2. The zero-order valence-electron chi connectivity index (χ0n) is 12.9. The van der Waals surface area contributed by atoms with Gasteiger partial charge in [0.15, 0.2) is 0 Å². The molecule has 2 aliphatic rings. The second kappa shape index (κ2) is 7.69. The van der Waals surface area contributed by atoms with E-state index in [0.717, 1.165) is 38.8 Å². The van der Waals surface area contributed by atoms with Crippen molar-refractivity contribution in [2.24, 2.45) is 0 Å². The van der Waals surface area contributed by atoms with Crippen LogP contribution in [0.25, 0.3) is 0 Å². The molecule has 3 rings (SSSR count). The molecule has 2 atom stereocenters. The Bertz CT molecular complexity index is 459. The molecule has 0 saturated carbocycles. The molecule has 2 aliphatic heterocycles. The minimum absolute atomic E-state index is 0.164. The van der Waals surface area contributed by atoms with E-state index in [-0.39, 0.29) is 18.1 Å². The zero-order valence-corrected chi connectivity index (χ0v) is 12.9. The third-order valence-corrected chi connectivity index (χ3v) is 4.35. The lowest BCUT2D eigenvalue weighted by atomic mass is 10.1. The molecule has 0 aliphatic carbocycles. The molecule has 7 nitrogen and oxygen atoms in total. The Kier molecular flexibility index (Phi) is 5.39. The molecule has 0 aromatic carbocycles. The van der Waals surface area contributed by atoms with Gasteiger partial charge in [-0.25, -0.2) is 9.67 Å². The summed E-state index contributed by atoms with van der Waals surface area (Å²) >= 11 is 0. The van der Waals surface area contributed by atoms with Crippen molar-refractivity contribution < 1.29 is 14.3 Å². The van der Waals surface area contributed by atoms with Gasteiger partial charge in [0.1, 0.15) is 12.7 Å². The molecule has 0 spiro atoms. The smallest absolute Gasteiger partial charge is 0.224 e. The third kappa shape index (κ3) is 4.04. The van der Waals surface area contributed by atoms with E-state index in [2.05, 4.69) is 10.1 Å². The van der Waals surface area contributed by atoms with Crippen molar-refractivity contribution >= 4 is 5.91 Å². The molecule has 2 fully saturated rings. The van der Waals surface area contributed by atoms with E-state index in [4.69, 9.17) is 9.47 Å². The molecule has 1 amide bonds. The van der Waals surface area contributed by atoms with Crippen LogP contribution < -0.4 is 0 Å². The summed E-state index contributed by atoms with van der Waals surface area (Å²) in [6.07, 6.45) is 8.17. The van der Waals surface area contributed by atoms with Gasteiger partial charge in [-0.3, -0.25) is 4.79 Å². The molecule has 0 unspecified atom stereocenters. The summed E-state index contributed by atoms with van der Waals surface area (Å²) in [5.74, 6) is 0.164. The van der Waals surface area contributed by atoms with E-state index in [9.17, 15) is 4.79 Å². The molecule has 1 aromatic heterocycles. The first kappa shape index (κ1) is 15.4. The first-order valence-electron chi connectivity index (χ1n) is 8.14. The van der Waals surface area contributed by atoms with Gasteiger partial charge in [0, 0.05) is 19.7 Å². The number of nitrogens with zero attached hydrogens (tertiary/aromatic N) is 4. The van der Waals surface area contributed by atoms with Crippen LogP contribution in [0.5, 0.6) is 0 Å². The van der Waals surface area contributed by atoms with Gasteiger partial charge in [-0.1, -0.05) is 0 Å². The van der Waals surface area contributed by atoms with Gasteiger partial charge in [-0.2, -0.15) is 5.10 Å². The van der Waals surface area contributed by atoms with E-state index >= 15 is 0 Å². The highest BCUT2D eigenvalue weighted by molar-refractivity contribution is 5.76. The van der Waals surface area contributed by atoms with Gasteiger partial charge in [-0.05, 0) is 25.7 Å². The quantitative estimate of drug-likeness (QED) is 0.734. The Morgan fingerprint density at radius 3 is 3.09 bits per heavy atom. The summed E-state index contributed by atoms with van der Waals surface area (Å²) < 4.78 is 12.9. The number of amides is 1. The minimum atomic E-state index is 0.164. The number of hydrogen-bond acceptors (Lipinski definition) is 5. The number of carbonyl (C=O) groups excluding carboxylic acids is 1. The van der Waals surface area contributed by atoms with Crippen molar-refractivity contribution in [3.05, 3.63) is 12.7 Å². The van der Waals surface area contributed by atoms with Crippen molar-refractivity contribution in [1.82, 2.24) is 19.7 Å². The van der Waals surface area contributed by atoms with Crippen LogP contribution in [0.2, 0.25) is 0 Å². The lowest BCUT2D eigenvalue weighted by Gasteiger charge is -2.32. The van der Waals surface area contributed by atoms with Crippen LogP contribution in [0.15, 0.2) is 12.7 Å². The Labute approximate surface area is 130 Å². The average Bonchev–Trinajstić information content (AvgIpc) is 3.24. The van der Waals surface area contributed by atoms with E-state index in [1.165, 1.54) is 0 Å². The fourth-order valence-corrected chi connectivity index (χ4v) is 3.11. The van der Waals surface area contributed by atoms with Gasteiger partial charge in [0.05, 0.1) is 31.8 Å². The molecule has 1 aromatic rings. The average molecular weight is 308 g/mol. The molecule has 122 valence electrons. The maximum absolute atomic E-state index is 12.3. The van der Waals surface area contributed by atoms with Crippen molar-refractivity contribution in [2.45, 2.75) is 44.2 Å². The predicted octanol–water partition coefficient (Wildman–Crippen LogP) is 1.03. The number of rotatable bonds is 6. The summed E-state index contributed by atoms with van der Waals surface area (Å²) in [6.45, 7) is 3.46. The molecule has 2 saturated heterocycles. The number of carbonyl (C=O) groups is 1. The fraction of sp³-hybridized carbons (Fsp3) is 0.800. The Balaban J connectivity index is 1.37. The number of piperidine rings is 1. The minimum Gasteiger partial charge on any atom is -0.378 e. The Hall–Kier alpha value is -1.47. The van der Waals surface area contributed by atoms with Gasteiger partial charge >= 0.3 is 0 Å². The zero-order chi connectivity index (χ0) is 15.2. The van der Waals surface area contributed by atoms with Crippen LogP contribution in [0.4, 0.5) is 0 Å². The summed E-state index contributed by atoms with van der Waals surface area (Å²) in [5, 5.41) is 4.18. The second-order valence-electron chi connectivity index (χ2n) is 5.97. The van der Waals surface area contributed by atoms with Crippen molar-refractivity contribution in [1.29, 1.82) is 0 Å². The van der Waals surface area contributed by atoms with Gasteiger partial charge in [-0.15, -0.1) is 0 Å². The van der Waals surface area contributed by atoms with Crippen molar-refractivity contribution in [2.75, 3.05) is 32.9 Å². The summed E-state index contributed by atoms with van der Waals surface area (Å²) in [5.41, 5.74) is 0. The van der Waals surface area contributed by atoms with Gasteiger partial charge < -0.3 is 14.4 Å². The molecule has 0 N–H and O–H groups in total. The second-order valence-corrected chi connectivity index (χ2v) is 5.97. The van der Waals surface area contributed by atoms with Crippen LogP contribution in [-0.4, -0.2) is 64.6 Å². The van der Waals surface area contributed by atoms with Crippen molar-refractivity contribution in [3.8, 4) is 0 Å². The predicted molar refractivity (Wildman–Crippen MR) is 79.3 cm³/mol. The SMILES string of the molecule is O=C(CCOC[C@H]1CCCO1)N1CCC[C@H](n2cncn2)C1. The van der Waals surface area contributed by atoms with Crippen LogP contribution in [0, 0.1) is 0 Å². The number of ether oxygens (including phenoxy) is 2. The lowest BCUT2D eigenvalue weighted by Crippen LogP contribution is -2.41. The number of hydrogen-bond donors (Lipinski definition) is 0. The first-order chi connectivity index (χ1) is 10.8. The molecule has 3 heterocycles. The first-order valence-corrected chi connectivity index (χ1v) is 8.14. The fourth-order valence-electron chi connectivity index (χ4n) is 3.11. The van der Waals surface area contributed by atoms with E-state index in [0.29, 0.717) is 26.2 Å². The molecule has 22 heavy (non-hydrogen) atoms. The Morgan fingerprint density at radius 1 is 1.36 bits per heavy atom. The molecule has 0 radical (unpaired) electrons. The topological polar surface area (TPSA) is 69.5 Å². The number of aromatic nitrogens is 3. The van der Waals surface area contributed by atoms with E-state index < -0.39 is 0 Å². The highest BCUT2D eigenvalue weighted by Gasteiger charge is 2.25. The van der Waals surface area contributed by atoms with Crippen LogP contribution >= 0.6 is 0 Å². The van der Waals surface area contributed by atoms with Crippen LogP contribution in [0.3, 0.4) is 0 Å². The van der Waals surface area contributed by atoms with E-state index in [1.54, 1.807) is 12.7 Å². The summed E-state index contributed by atoms with van der Waals surface area (Å²) in [7, 11) is 0. The monoisotopic (exact) mass is 308 g/mol.